The van der Waals surface area contributed by atoms with Crippen molar-refractivity contribution in [1.29, 1.82) is 5.26 Å². The summed E-state index contributed by atoms with van der Waals surface area (Å²) >= 11 is 0. The molecule has 0 aromatic heterocycles. The lowest BCUT2D eigenvalue weighted by molar-refractivity contribution is -0.178. The second kappa shape index (κ2) is 5.81. The average molecular weight is 231 g/mol. The van der Waals surface area contributed by atoms with E-state index in [1.54, 1.807) is 0 Å². The number of nitrogens with zero attached hydrogens (tertiary/aromatic N) is 1. The van der Waals surface area contributed by atoms with Crippen LogP contribution in [0.25, 0.3) is 0 Å². The molecule has 1 fully saturated rings. The Morgan fingerprint density at radius 2 is 2.24 bits per heavy atom. The molecular weight excluding hydrogens is 214 g/mol. The predicted molar refractivity (Wildman–Crippen MR) is 64.2 cm³/mol. The van der Waals surface area contributed by atoms with E-state index in [1.807, 2.05) is 31.2 Å². The third-order valence-electron chi connectivity index (χ3n) is 3.01. The zero-order valence-corrected chi connectivity index (χ0v) is 10.1. The molecule has 90 valence electrons. The Balaban J connectivity index is 2.06. The number of benzene rings is 1. The van der Waals surface area contributed by atoms with Gasteiger partial charge < -0.3 is 9.47 Å². The van der Waals surface area contributed by atoms with Gasteiger partial charge in [-0.15, -0.1) is 0 Å². The molecule has 17 heavy (non-hydrogen) atoms. The van der Waals surface area contributed by atoms with Gasteiger partial charge >= 0.3 is 0 Å². The van der Waals surface area contributed by atoms with Crippen LogP contribution in [0.5, 0.6) is 0 Å². The molecule has 1 aliphatic heterocycles. The molecule has 2 rings (SSSR count). The highest BCUT2D eigenvalue weighted by atomic mass is 16.7. The molecule has 1 aliphatic rings. The van der Waals surface area contributed by atoms with Crippen molar-refractivity contribution in [1.82, 2.24) is 0 Å². The molecule has 1 aromatic carbocycles. The Labute approximate surface area is 102 Å². The third-order valence-corrected chi connectivity index (χ3v) is 3.01. The van der Waals surface area contributed by atoms with Gasteiger partial charge in [0.15, 0.2) is 12.4 Å². The maximum absolute atomic E-state index is 9.20. The molecule has 0 N–H and O–H groups in total. The van der Waals surface area contributed by atoms with Gasteiger partial charge in [-0.2, -0.15) is 5.26 Å². The maximum atomic E-state index is 9.20. The Morgan fingerprint density at radius 1 is 1.41 bits per heavy atom. The van der Waals surface area contributed by atoms with E-state index in [0.29, 0.717) is 0 Å². The Morgan fingerprint density at radius 3 is 2.88 bits per heavy atom. The highest BCUT2D eigenvalue weighted by Crippen LogP contribution is 2.25. The van der Waals surface area contributed by atoms with Gasteiger partial charge in [-0.25, -0.2) is 0 Å². The molecular formula is C14H17NO2. The largest absolute Gasteiger partial charge is 0.353 e. The van der Waals surface area contributed by atoms with E-state index in [-0.39, 0.29) is 6.29 Å². The minimum absolute atomic E-state index is 0.229. The number of ether oxygens (including phenoxy) is 2. The van der Waals surface area contributed by atoms with Crippen LogP contribution >= 0.6 is 0 Å². The molecule has 0 saturated carbocycles. The van der Waals surface area contributed by atoms with E-state index in [4.69, 9.17) is 9.47 Å². The third kappa shape index (κ3) is 3.06. The average Bonchev–Trinajstić information content (AvgIpc) is 2.38. The van der Waals surface area contributed by atoms with Crippen molar-refractivity contribution in [2.45, 2.75) is 38.6 Å². The van der Waals surface area contributed by atoms with E-state index in [1.165, 1.54) is 0 Å². The van der Waals surface area contributed by atoms with Crippen LogP contribution in [-0.4, -0.2) is 12.9 Å². The summed E-state index contributed by atoms with van der Waals surface area (Å²) in [6.45, 7) is 2.72. The van der Waals surface area contributed by atoms with Gasteiger partial charge in [0, 0.05) is 6.61 Å². The van der Waals surface area contributed by atoms with Crippen molar-refractivity contribution in [2.75, 3.05) is 6.61 Å². The van der Waals surface area contributed by atoms with Crippen LogP contribution in [0.1, 0.15) is 36.5 Å². The number of nitriles is 1. The Hall–Kier alpha value is -1.37. The van der Waals surface area contributed by atoms with Crippen LogP contribution in [0, 0.1) is 18.3 Å². The van der Waals surface area contributed by atoms with Gasteiger partial charge in [-0.05, 0) is 37.3 Å². The lowest BCUT2D eigenvalue weighted by Crippen LogP contribution is -2.24. The molecule has 0 radical (unpaired) electrons. The zero-order valence-electron chi connectivity index (χ0n) is 10.1. The first-order chi connectivity index (χ1) is 8.31. The molecule has 3 heteroatoms. The Bertz CT molecular complexity index is 405. The van der Waals surface area contributed by atoms with Gasteiger partial charge in [0.1, 0.15) is 0 Å². The Kier molecular flexibility index (Phi) is 4.13. The standard InChI is InChI=1S/C14H17NO2/c1-11-6-2-3-7-12(11)13(10-15)17-14-8-4-5-9-16-14/h2-3,6-7,13-14H,4-5,8-9H2,1H3. The quantitative estimate of drug-likeness (QED) is 0.802. The molecule has 0 bridgehead atoms. The summed E-state index contributed by atoms with van der Waals surface area (Å²) in [6, 6.07) is 10.0. The lowest BCUT2D eigenvalue weighted by Gasteiger charge is -2.25. The van der Waals surface area contributed by atoms with Crippen molar-refractivity contribution in [3.05, 3.63) is 35.4 Å². The molecule has 1 aromatic rings. The fraction of sp³-hybridized carbons (Fsp3) is 0.500. The molecule has 3 nitrogen and oxygen atoms in total. The van der Waals surface area contributed by atoms with E-state index < -0.39 is 6.10 Å². The second-order valence-corrected chi connectivity index (χ2v) is 4.30. The number of hydrogen-bond donors (Lipinski definition) is 0. The normalized spacial score (nSPS) is 21.8. The van der Waals surface area contributed by atoms with Crippen LogP contribution in [0.2, 0.25) is 0 Å². The van der Waals surface area contributed by atoms with Gasteiger partial charge in [0.25, 0.3) is 0 Å². The smallest absolute Gasteiger partial charge is 0.172 e. The molecule has 2 unspecified atom stereocenters. The van der Waals surface area contributed by atoms with Crippen molar-refractivity contribution < 1.29 is 9.47 Å². The summed E-state index contributed by atoms with van der Waals surface area (Å²) in [5, 5.41) is 9.20. The van der Waals surface area contributed by atoms with Crippen LogP contribution in [0.4, 0.5) is 0 Å². The van der Waals surface area contributed by atoms with E-state index in [9.17, 15) is 5.26 Å². The molecule has 0 spiro atoms. The summed E-state index contributed by atoms with van der Waals surface area (Å²) in [5.74, 6) is 0. The van der Waals surface area contributed by atoms with Crippen LogP contribution < -0.4 is 0 Å². The first-order valence-electron chi connectivity index (χ1n) is 6.03. The van der Waals surface area contributed by atoms with Crippen LogP contribution in [-0.2, 0) is 9.47 Å². The first kappa shape index (κ1) is 12.1. The van der Waals surface area contributed by atoms with Gasteiger partial charge in [0.2, 0.25) is 0 Å². The van der Waals surface area contributed by atoms with E-state index in [2.05, 4.69) is 6.07 Å². The molecule has 0 amide bonds. The predicted octanol–water partition coefficient (Wildman–Crippen LogP) is 3.10. The summed E-state index contributed by atoms with van der Waals surface area (Å²) in [6.07, 6.45) is 2.31. The number of rotatable bonds is 3. The topological polar surface area (TPSA) is 42.2 Å². The van der Waals surface area contributed by atoms with Crippen LogP contribution in [0.15, 0.2) is 24.3 Å². The van der Waals surface area contributed by atoms with E-state index in [0.717, 1.165) is 37.0 Å². The minimum atomic E-state index is -0.528. The van der Waals surface area contributed by atoms with Crippen molar-refractivity contribution in [2.24, 2.45) is 0 Å². The zero-order chi connectivity index (χ0) is 12.1. The SMILES string of the molecule is Cc1ccccc1C(C#N)OC1CCCCO1. The summed E-state index contributed by atoms with van der Waals surface area (Å²) < 4.78 is 11.2. The highest BCUT2D eigenvalue weighted by Gasteiger charge is 2.21. The number of aryl methyl sites for hydroxylation is 1. The monoisotopic (exact) mass is 231 g/mol. The summed E-state index contributed by atoms with van der Waals surface area (Å²) in [5.41, 5.74) is 2.01. The molecule has 1 heterocycles. The fourth-order valence-electron chi connectivity index (χ4n) is 2.02. The van der Waals surface area contributed by atoms with Gasteiger partial charge in [-0.3, -0.25) is 0 Å². The summed E-state index contributed by atoms with van der Waals surface area (Å²) in [4.78, 5) is 0. The fourth-order valence-corrected chi connectivity index (χ4v) is 2.02. The second-order valence-electron chi connectivity index (χ2n) is 4.30. The lowest BCUT2D eigenvalue weighted by atomic mass is 10.0. The summed E-state index contributed by atoms with van der Waals surface area (Å²) in [7, 11) is 0. The van der Waals surface area contributed by atoms with Crippen molar-refractivity contribution in [3.8, 4) is 6.07 Å². The molecule has 0 aliphatic carbocycles. The van der Waals surface area contributed by atoms with Crippen LogP contribution in [0.3, 0.4) is 0 Å². The van der Waals surface area contributed by atoms with Gasteiger partial charge in [-0.1, -0.05) is 24.3 Å². The molecule has 2 atom stereocenters. The number of hydrogen-bond acceptors (Lipinski definition) is 3. The van der Waals surface area contributed by atoms with E-state index >= 15 is 0 Å². The van der Waals surface area contributed by atoms with Gasteiger partial charge in [0.05, 0.1) is 6.07 Å². The first-order valence-corrected chi connectivity index (χ1v) is 6.03. The molecule has 1 saturated heterocycles. The maximum Gasteiger partial charge on any atom is 0.172 e. The highest BCUT2D eigenvalue weighted by molar-refractivity contribution is 5.30. The minimum Gasteiger partial charge on any atom is -0.353 e. The van der Waals surface area contributed by atoms with Crippen molar-refractivity contribution >= 4 is 0 Å². The van der Waals surface area contributed by atoms with Crippen molar-refractivity contribution in [3.63, 3.8) is 0 Å².